The second-order valence-corrected chi connectivity index (χ2v) is 22.1. The van der Waals surface area contributed by atoms with Crippen molar-refractivity contribution in [2.75, 3.05) is 5.33 Å². The molecule has 0 radical (unpaired) electrons. The molecular weight excluding hydrogens is 929 g/mol. The van der Waals surface area contributed by atoms with E-state index < -0.39 is 14.0 Å². The maximum atomic E-state index is 5.96. The third-order valence-electron chi connectivity index (χ3n) is 14.7. The summed E-state index contributed by atoms with van der Waals surface area (Å²) in [6.45, 7) is 36.6. The van der Waals surface area contributed by atoms with Gasteiger partial charge in [0.25, 0.3) is 0 Å². The van der Waals surface area contributed by atoms with Gasteiger partial charge in [0.15, 0.2) is 0 Å². The fourth-order valence-electron chi connectivity index (χ4n) is 8.78. The Labute approximate surface area is 432 Å². The van der Waals surface area contributed by atoms with Crippen LogP contribution < -0.4 is 0 Å². The number of hydrogen-bond donors (Lipinski definition) is 0. The van der Waals surface area contributed by atoms with Crippen molar-refractivity contribution < 1.29 is 27.9 Å². The van der Waals surface area contributed by atoms with Gasteiger partial charge in [-0.3, -0.25) is 0 Å². The summed E-state index contributed by atoms with van der Waals surface area (Å²) in [7, 11) is -0.966. The molecule has 0 bridgehead atoms. The summed E-state index contributed by atoms with van der Waals surface area (Å²) < 4.78 is 35.2. The van der Waals surface area contributed by atoms with E-state index in [-0.39, 0.29) is 40.7 Å². The van der Waals surface area contributed by atoms with Crippen LogP contribution in [0.5, 0.6) is 0 Å². The largest absolute Gasteiger partial charge is 0.488 e. The smallest absolute Gasteiger partial charge is 0.405 e. The Morgan fingerprint density at radius 1 is 0.371 bits per heavy atom. The zero-order valence-corrected chi connectivity index (χ0v) is 47.5. The Hall–Kier alpha value is -3.73. The first-order valence-electron chi connectivity index (χ1n) is 25.8. The average molecular weight is 1010 g/mol. The lowest BCUT2D eigenvalue weighted by atomic mass is 9.49. The summed E-state index contributed by atoms with van der Waals surface area (Å²) in [5, 5.41) is 6.43. The van der Waals surface area contributed by atoms with Crippen LogP contribution in [-0.4, -0.2) is 60.1 Å². The molecule has 70 heavy (non-hydrogen) atoms. The van der Waals surface area contributed by atoms with E-state index in [0.717, 1.165) is 24.5 Å². The highest BCUT2D eigenvalue weighted by molar-refractivity contribution is 9.09. The van der Waals surface area contributed by atoms with Gasteiger partial charge in [0.2, 0.25) is 0 Å². The predicted molar refractivity (Wildman–Crippen MR) is 305 cm³/mol. The SMILES string of the molecule is CC.CC.CC1(C)OB(B2OC(C)(C)C(C)(C)O2)OC1(C)C.CCB1OC(C)(C)C(C)(C)O1.CCBr.c1ccc2c(c1)Cc1cc3ccccc3cc1-2.c1ccc2c(c1)Cc1cc3ccccc3cc1-2. The van der Waals surface area contributed by atoms with Crippen molar-refractivity contribution in [3.05, 3.63) is 144 Å². The number of alkyl halides is 1. The Kier molecular flexibility index (Phi) is 19.1. The molecular formula is C60H82B3BrO6. The standard InChI is InChI=1S/2C17H12.C12H24B2O4.C8H17BO2.C2H5Br.2C2H6/c2*1-2-6-13-11-17-15(9-12(13)5-1)10-14-7-3-4-8-16(14)17;1-9(2)10(3,4)16-13(15-9)14-17-11(5,6)12(7,8)18-14;1-6-9-10-7(2,3)8(4,5)11-9;1-2-3;2*1-2/h2*1-9,11H,10H2;1-8H3;6H2,1-5H3;2H2,1H3;2*1-2H3. The highest BCUT2D eigenvalue weighted by Gasteiger charge is 2.63. The number of fused-ring (bicyclic) bond motifs is 8. The second kappa shape index (κ2) is 23.4. The van der Waals surface area contributed by atoms with Gasteiger partial charge in [-0.1, -0.05) is 167 Å². The normalized spacial score (nSPS) is 19.0. The molecule has 3 fully saturated rings. The molecule has 0 saturated carbocycles. The van der Waals surface area contributed by atoms with Crippen LogP contribution in [0.4, 0.5) is 0 Å². The van der Waals surface area contributed by atoms with Crippen molar-refractivity contribution in [1.29, 1.82) is 0 Å². The molecule has 2 aliphatic carbocycles. The Morgan fingerprint density at radius 2 is 0.629 bits per heavy atom. The van der Waals surface area contributed by atoms with Gasteiger partial charge in [0.05, 0.1) is 33.6 Å². The van der Waals surface area contributed by atoms with Crippen LogP contribution in [0.2, 0.25) is 6.32 Å². The summed E-state index contributed by atoms with van der Waals surface area (Å²) in [6, 6.07) is 44.0. The van der Waals surface area contributed by atoms with Crippen LogP contribution in [0.1, 0.15) is 147 Å². The minimum Gasteiger partial charge on any atom is -0.405 e. The Balaban J connectivity index is 0.000000168. The minimum atomic E-state index is -0.476. The monoisotopic (exact) mass is 1010 g/mol. The molecule has 6 aromatic rings. The van der Waals surface area contributed by atoms with Gasteiger partial charge in [-0.05, 0) is 180 Å². The van der Waals surface area contributed by atoms with Gasteiger partial charge in [0.1, 0.15) is 0 Å². The lowest BCUT2D eigenvalue weighted by molar-refractivity contribution is 0.00578. The summed E-state index contributed by atoms with van der Waals surface area (Å²) in [4.78, 5) is 0. The third-order valence-corrected chi connectivity index (χ3v) is 14.7. The maximum Gasteiger partial charge on any atom is 0.488 e. The third kappa shape index (κ3) is 12.5. The van der Waals surface area contributed by atoms with E-state index in [1.54, 1.807) is 0 Å². The zero-order valence-electron chi connectivity index (χ0n) is 45.9. The molecule has 0 spiro atoms. The highest BCUT2D eigenvalue weighted by Crippen LogP contribution is 2.44. The van der Waals surface area contributed by atoms with Crippen LogP contribution in [0.3, 0.4) is 0 Å². The van der Waals surface area contributed by atoms with E-state index in [1.807, 2.05) is 90.0 Å². The average Bonchev–Trinajstić information content (AvgIpc) is 4.05. The fourth-order valence-corrected chi connectivity index (χ4v) is 8.78. The predicted octanol–water partition coefficient (Wildman–Crippen LogP) is 16.6. The Bertz CT molecular complexity index is 2450. The van der Waals surface area contributed by atoms with E-state index in [4.69, 9.17) is 27.9 Å². The van der Waals surface area contributed by atoms with Crippen molar-refractivity contribution in [3.63, 3.8) is 0 Å². The quantitative estimate of drug-likeness (QED) is 0.127. The topological polar surface area (TPSA) is 55.4 Å². The molecule has 10 heteroatoms. The van der Waals surface area contributed by atoms with Gasteiger partial charge < -0.3 is 27.9 Å². The van der Waals surface area contributed by atoms with Gasteiger partial charge >= 0.3 is 21.1 Å². The van der Waals surface area contributed by atoms with Crippen LogP contribution in [0, 0.1) is 0 Å². The molecule has 6 nitrogen and oxygen atoms in total. The van der Waals surface area contributed by atoms with Gasteiger partial charge in [-0.15, -0.1) is 0 Å². The van der Waals surface area contributed by atoms with Crippen molar-refractivity contribution in [2.45, 2.75) is 177 Å². The first-order valence-corrected chi connectivity index (χ1v) is 27.0. The first-order chi connectivity index (χ1) is 33.0. The van der Waals surface area contributed by atoms with Gasteiger partial charge in [-0.2, -0.15) is 0 Å². The van der Waals surface area contributed by atoms with Crippen LogP contribution in [0.15, 0.2) is 121 Å². The molecule has 0 atom stereocenters. The van der Waals surface area contributed by atoms with Crippen LogP contribution in [0.25, 0.3) is 43.8 Å². The number of benzene rings is 6. The van der Waals surface area contributed by atoms with Crippen molar-refractivity contribution in [2.24, 2.45) is 0 Å². The zero-order chi connectivity index (χ0) is 51.9. The summed E-state index contributed by atoms with van der Waals surface area (Å²) >= 11 is 3.15. The number of hydrogen-bond acceptors (Lipinski definition) is 6. The van der Waals surface area contributed by atoms with Gasteiger partial charge in [-0.25, -0.2) is 0 Å². The number of rotatable bonds is 2. The van der Waals surface area contributed by atoms with E-state index >= 15 is 0 Å². The molecule has 0 unspecified atom stereocenters. The molecule has 5 aliphatic rings. The molecule has 3 saturated heterocycles. The lowest BCUT2D eigenvalue weighted by Crippen LogP contribution is -2.41. The van der Waals surface area contributed by atoms with Crippen molar-refractivity contribution in [3.8, 4) is 22.3 Å². The fraction of sp³-hybridized carbons (Fsp3) is 0.467. The van der Waals surface area contributed by atoms with Crippen LogP contribution >= 0.6 is 15.9 Å². The maximum absolute atomic E-state index is 5.96. The second-order valence-electron chi connectivity index (χ2n) is 21.0. The number of halogens is 1. The summed E-state index contributed by atoms with van der Waals surface area (Å²) in [5.74, 6) is 0. The molecule has 3 heterocycles. The summed E-state index contributed by atoms with van der Waals surface area (Å²) in [6.07, 6.45) is 3.08. The van der Waals surface area contributed by atoms with E-state index in [1.165, 1.54) is 66.1 Å². The van der Waals surface area contributed by atoms with Crippen LogP contribution in [-0.2, 0) is 40.8 Å². The lowest BCUT2D eigenvalue weighted by Gasteiger charge is -2.32. The van der Waals surface area contributed by atoms with Gasteiger partial charge in [0, 0.05) is 5.33 Å². The molecule has 0 N–H and O–H groups in total. The van der Waals surface area contributed by atoms with E-state index in [9.17, 15) is 0 Å². The highest BCUT2D eigenvalue weighted by atomic mass is 79.9. The molecule has 374 valence electrons. The van der Waals surface area contributed by atoms with E-state index in [2.05, 4.69) is 172 Å². The van der Waals surface area contributed by atoms with Crippen molar-refractivity contribution >= 4 is 58.6 Å². The molecule has 0 amide bonds. The minimum absolute atomic E-state index is 0.0139. The molecule has 11 rings (SSSR count). The molecule has 0 aromatic heterocycles. The van der Waals surface area contributed by atoms with E-state index in [0.29, 0.717) is 0 Å². The molecule has 6 aromatic carbocycles. The summed E-state index contributed by atoms with van der Waals surface area (Å²) in [5.41, 5.74) is 9.73. The van der Waals surface area contributed by atoms with Crippen molar-refractivity contribution in [1.82, 2.24) is 0 Å². The molecule has 3 aliphatic heterocycles. The Morgan fingerprint density at radius 3 is 0.914 bits per heavy atom. The first kappa shape index (κ1) is 57.2.